The summed E-state index contributed by atoms with van der Waals surface area (Å²) in [5.74, 6) is -0.613. The lowest BCUT2D eigenvalue weighted by Gasteiger charge is -2.30. The highest BCUT2D eigenvalue weighted by atomic mass is 32.2. The van der Waals surface area contributed by atoms with E-state index >= 15 is 0 Å². The summed E-state index contributed by atoms with van der Waals surface area (Å²) in [6, 6.07) is 7.92. The number of aromatic nitrogens is 1. The highest BCUT2D eigenvalue weighted by Gasteiger charge is 2.32. The molecule has 0 unspecified atom stereocenters. The number of amides is 1. The number of nitrogens with zero attached hydrogens (tertiary/aromatic N) is 3. The first-order valence-corrected chi connectivity index (χ1v) is 13.8. The number of pyridine rings is 1. The number of rotatable bonds is 8. The zero-order valence-corrected chi connectivity index (χ0v) is 20.7. The molecule has 1 fully saturated rings. The third-order valence-electron chi connectivity index (χ3n) is 5.88. The molecule has 9 nitrogen and oxygen atoms in total. The van der Waals surface area contributed by atoms with Crippen molar-refractivity contribution in [3.05, 3.63) is 48.3 Å². The van der Waals surface area contributed by atoms with Crippen molar-refractivity contribution in [2.75, 3.05) is 31.5 Å². The van der Waals surface area contributed by atoms with Gasteiger partial charge in [0.2, 0.25) is 26.0 Å². The van der Waals surface area contributed by atoms with E-state index in [4.69, 9.17) is 0 Å². The summed E-state index contributed by atoms with van der Waals surface area (Å²) in [4.78, 5) is 17.0. The minimum Gasteiger partial charge on any atom is -0.326 e. The van der Waals surface area contributed by atoms with Crippen LogP contribution < -0.4 is 5.32 Å². The topological polar surface area (TPSA) is 117 Å². The molecule has 0 aliphatic carbocycles. The number of carbonyl (C=O) groups is 1. The van der Waals surface area contributed by atoms with Crippen LogP contribution in [0.4, 0.5) is 5.69 Å². The number of piperidine rings is 1. The van der Waals surface area contributed by atoms with Crippen LogP contribution >= 0.6 is 0 Å². The van der Waals surface area contributed by atoms with E-state index in [1.807, 2.05) is 0 Å². The Kier molecular flexibility index (Phi) is 7.88. The maximum absolute atomic E-state index is 12.9. The number of aryl methyl sites for hydroxylation is 1. The smallest absolute Gasteiger partial charge is 0.244 e. The first-order chi connectivity index (χ1) is 15.6. The number of sulfonamides is 2. The van der Waals surface area contributed by atoms with E-state index < -0.39 is 20.0 Å². The Morgan fingerprint density at radius 3 is 2.36 bits per heavy atom. The van der Waals surface area contributed by atoms with Gasteiger partial charge in [0.1, 0.15) is 4.90 Å². The van der Waals surface area contributed by atoms with Gasteiger partial charge in [0.15, 0.2) is 0 Å². The van der Waals surface area contributed by atoms with Crippen molar-refractivity contribution in [1.29, 1.82) is 0 Å². The molecule has 1 N–H and O–H groups in total. The average Bonchev–Trinajstić information content (AvgIpc) is 2.81. The van der Waals surface area contributed by atoms with Crippen LogP contribution in [0.15, 0.2) is 52.5 Å². The number of carbonyl (C=O) groups excluding carboxylic acids is 1. The van der Waals surface area contributed by atoms with Gasteiger partial charge in [0.05, 0.1) is 4.90 Å². The summed E-state index contributed by atoms with van der Waals surface area (Å²) in [5.41, 5.74) is 1.01. The van der Waals surface area contributed by atoms with Gasteiger partial charge in [0, 0.05) is 50.2 Å². The van der Waals surface area contributed by atoms with Gasteiger partial charge in [0.25, 0.3) is 0 Å². The molecule has 2 aromatic rings. The Hall–Kier alpha value is -2.34. The first-order valence-electron chi connectivity index (χ1n) is 10.9. The van der Waals surface area contributed by atoms with Gasteiger partial charge >= 0.3 is 0 Å². The fourth-order valence-corrected chi connectivity index (χ4v) is 7.05. The van der Waals surface area contributed by atoms with Crippen molar-refractivity contribution >= 4 is 31.6 Å². The molecule has 0 radical (unpaired) electrons. The Bertz CT molecular complexity index is 1190. The van der Waals surface area contributed by atoms with E-state index in [1.54, 1.807) is 39.0 Å². The largest absolute Gasteiger partial charge is 0.326 e. The third-order valence-corrected chi connectivity index (χ3v) is 9.95. The molecule has 1 aliphatic rings. The second-order valence-electron chi connectivity index (χ2n) is 7.93. The van der Waals surface area contributed by atoms with Gasteiger partial charge in [-0.05, 0) is 49.6 Å². The average molecular weight is 495 g/mol. The van der Waals surface area contributed by atoms with Crippen molar-refractivity contribution < 1.29 is 21.6 Å². The van der Waals surface area contributed by atoms with Crippen LogP contribution in [0, 0.1) is 12.8 Å². The lowest BCUT2D eigenvalue weighted by Crippen LogP contribution is -2.41. The summed E-state index contributed by atoms with van der Waals surface area (Å²) in [5, 5.41) is 2.81. The lowest BCUT2D eigenvalue weighted by molar-refractivity contribution is -0.120. The van der Waals surface area contributed by atoms with Gasteiger partial charge in [-0.3, -0.25) is 9.78 Å². The fraction of sp³-hybridized carbons (Fsp3) is 0.455. The molecule has 0 bridgehead atoms. The lowest BCUT2D eigenvalue weighted by atomic mass is 9.97. The Labute approximate surface area is 195 Å². The molecule has 1 amide bonds. The summed E-state index contributed by atoms with van der Waals surface area (Å²) < 4.78 is 54.1. The minimum atomic E-state index is -3.66. The summed E-state index contributed by atoms with van der Waals surface area (Å²) in [6.07, 6.45) is 3.58. The van der Waals surface area contributed by atoms with E-state index in [0.717, 1.165) is 0 Å². The zero-order valence-electron chi connectivity index (χ0n) is 19.1. The van der Waals surface area contributed by atoms with E-state index in [1.165, 1.54) is 33.1 Å². The van der Waals surface area contributed by atoms with Crippen molar-refractivity contribution in [1.82, 2.24) is 13.6 Å². The van der Waals surface area contributed by atoms with Crippen molar-refractivity contribution in [3.63, 3.8) is 0 Å². The molecule has 1 saturated heterocycles. The van der Waals surface area contributed by atoms with Crippen LogP contribution in [0.3, 0.4) is 0 Å². The SMILES string of the molecule is CCN(CC)S(=O)(=O)c1cc(NC(=O)C2CCN(S(=O)(=O)c3cccnc3)CC2)ccc1C. The molecule has 2 heterocycles. The molecule has 0 saturated carbocycles. The molecule has 11 heteroatoms. The number of anilines is 1. The van der Waals surface area contributed by atoms with E-state index in [2.05, 4.69) is 10.3 Å². The second-order valence-corrected chi connectivity index (χ2v) is 11.8. The number of benzene rings is 1. The Morgan fingerprint density at radius 1 is 1.12 bits per heavy atom. The van der Waals surface area contributed by atoms with Crippen LogP contribution in [0.2, 0.25) is 0 Å². The maximum atomic E-state index is 12.9. The van der Waals surface area contributed by atoms with Crippen molar-refractivity contribution in [3.8, 4) is 0 Å². The molecule has 1 aromatic carbocycles. The zero-order chi connectivity index (χ0) is 24.2. The number of hydrogen-bond acceptors (Lipinski definition) is 6. The molecule has 33 heavy (non-hydrogen) atoms. The van der Waals surface area contributed by atoms with Gasteiger partial charge in [-0.25, -0.2) is 16.8 Å². The second kappa shape index (κ2) is 10.3. The molecule has 1 aromatic heterocycles. The van der Waals surface area contributed by atoms with Crippen LogP contribution in [-0.2, 0) is 24.8 Å². The monoisotopic (exact) mass is 494 g/mol. The highest BCUT2D eigenvalue weighted by Crippen LogP contribution is 2.27. The maximum Gasteiger partial charge on any atom is 0.244 e. The molecule has 1 aliphatic heterocycles. The summed E-state index contributed by atoms with van der Waals surface area (Å²) in [6.45, 7) is 6.45. The van der Waals surface area contributed by atoms with Gasteiger partial charge in [-0.1, -0.05) is 19.9 Å². The fourth-order valence-electron chi connectivity index (χ4n) is 3.91. The molecule has 180 valence electrons. The molecule has 3 rings (SSSR count). The van der Waals surface area contributed by atoms with Crippen LogP contribution in [0.5, 0.6) is 0 Å². The van der Waals surface area contributed by atoms with E-state index in [-0.39, 0.29) is 34.7 Å². The van der Waals surface area contributed by atoms with E-state index in [0.29, 0.717) is 37.2 Å². The van der Waals surface area contributed by atoms with Gasteiger partial charge in [-0.15, -0.1) is 0 Å². The molecule has 0 spiro atoms. The minimum absolute atomic E-state index is 0.134. The Balaban J connectivity index is 1.69. The summed E-state index contributed by atoms with van der Waals surface area (Å²) in [7, 11) is -7.30. The predicted octanol–water partition coefficient (Wildman–Crippen LogP) is 2.46. The number of hydrogen-bond donors (Lipinski definition) is 1. The van der Waals surface area contributed by atoms with E-state index in [9.17, 15) is 21.6 Å². The quantitative estimate of drug-likeness (QED) is 0.603. The van der Waals surface area contributed by atoms with Crippen LogP contribution in [-0.4, -0.2) is 62.5 Å². The van der Waals surface area contributed by atoms with Crippen molar-refractivity contribution in [2.45, 2.75) is 43.4 Å². The van der Waals surface area contributed by atoms with Gasteiger partial charge in [-0.2, -0.15) is 8.61 Å². The first kappa shape index (κ1) is 25.3. The summed E-state index contributed by atoms with van der Waals surface area (Å²) >= 11 is 0. The standard InChI is InChI=1S/C22H30N4O5S2/c1-4-25(5-2)33(30,31)21-15-19(9-8-17(21)3)24-22(27)18-10-13-26(14-11-18)32(28,29)20-7-6-12-23-16-20/h6-9,12,15-16,18H,4-5,10-11,13-14H2,1-3H3,(H,24,27). The van der Waals surface area contributed by atoms with Gasteiger partial charge < -0.3 is 5.32 Å². The third kappa shape index (κ3) is 5.43. The molecular formula is C22H30N4O5S2. The van der Waals surface area contributed by atoms with Crippen molar-refractivity contribution in [2.24, 2.45) is 5.92 Å². The number of nitrogens with one attached hydrogen (secondary N) is 1. The predicted molar refractivity (Wildman–Crippen MR) is 126 cm³/mol. The normalized spacial score (nSPS) is 16.1. The molecular weight excluding hydrogens is 464 g/mol. The van der Waals surface area contributed by atoms with Crippen LogP contribution in [0.25, 0.3) is 0 Å². The van der Waals surface area contributed by atoms with Crippen LogP contribution in [0.1, 0.15) is 32.3 Å². The highest BCUT2D eigenvalue weighted by molar-refractivity contribution is 7.89. The molecule has 0 atom stereocenters. The Morgan fingerprint density at radius 2 is 1.79 bits per heavy atom.